The van der Waals surface area contributed by atoms with Gasteiger partial charge in [0.05, 0.1) is 22.3 Å². The molecule has 0 aliphatic carbocycles. The van der Waals surface area contributed by atoms with Crippen LogP contribution >= 0.6 is 39.1 Å². The number of anilines is 1. The molecule has 1 amide bonds. The van der Waals surface area contributed by atoms with Gasteiger partial charge in [-0.15, -0.1) is 0 Å². The highest BCUT2D eigenvalue weighted by atomic mass is 79.9. The van der Waals surface area contributed by atoms with Crippen molar-refractivity contribution in [3.05, 3.63) is 26.7 Å². The highest BCUT2D eigenvalue weighted by Gasteiger charge is 2.16. The molecule has 1 heterocycles. The summed E-state index contributed by atoms with van der Waals surface area (Å²) in [5.74, 6) is -0.0630. The van der Waals surface area contributed by atoms with Crippen LogP contribution in [0.1, 0.15) is 12.8 Å². The quantitative estimate of drug-likeness (QED) is 0.785. The second-order valence-corrected chi connectivity index (χ2v) is 6.14. The summed E-state index contributed by atoms with van der Waals surface area (Å²) in [6.07, 6.45) is 1.72. The van der Waals surface area contributed by atoms with E-state index in [-0.39, 0.29) is 18.5 Å². The lowest BCUT2D eigenvalue weighted by molar-refractivity contribution is -0.120. The number of rotatable bonds is 4. The van der Waals surface area contributed by atoms with Gasteiger partial charge in [0, 0.05) is 23.7 Å². The normalized spacial score (nSPS) is 15.9. The van der Waals surface area contributed by atoms with Crippen molar-refractivity contribution in [1.82, 2.24) is 5.32 Å². The van der Waals surface area contributed by atoms with Crippen LogP contribution in [0.4, 0.5) is 5.69 Å². The SMILES string of the molecule is O=C(CNc1ccc(Br)c(Cl)c1Cl)NC1CCOCC1. The van der Waals surface area contributed by atoms with Crippen LogP contribution in [0, 0.1) is 0 Å². The van der Waals surface area contributed by atoms with Crippen LogP contribution in [-0.4, -0.2) is 31.7 Å². The summed E-state index contributed by atoms with van der Waals surface area (Å²) in [6.45, 7) is 1.56. The molecule has 20 heavy (non-hydrogen) atoms. The van der Waals surface area contributed by atoms with Gasteiger partial charge < -0.3 is 15.4 Å². The van der Waals surface area contributed by atoms with Crippen molar-refractivity contribution in [3.8, 4) is 0 Å². The van der Waals surface area contributed by atoms with Crippen molar-refractivity contribution in [2.45, 2.75) is 18.9 Å². The van der Waals surface area contributed by atoms with Crippen LogP contribution in [0.25, 0.3) is 0 Å². The van der Waals surface area contributed by atoms with Crippen LogP contribution < -0.4 is 10.6 Å². The molecule has 1 aliphatic rings. The Bertz CT molecular complexity index is 494. The smallest absolute Gasteiger partial charge is 0.239 e. The number of hydrogen-bond donors (Lipinski definition) is 2. The number of carbonyl (C=O) groups is 1. The number of hydrogen-bond acceptors (Lipinski definition) is 3. The van der Waals surface area contributed by atoms with Gasteiger partial charge in [-0.05, 0) is 40.9 Å². The Hall–Kier alpha value is -0.490. The molecule has 0 radical (unpaired) electrons. The fraction of sp³-hybridized carbons (Fsp3) is 0.462. The van der Waals surface area contributed by atoms with Crippen LogP contribution in [0.3, 0.4) is 0 Å². The van der Waals surface area contributed by atoms with E-state index < -0.39 is 0 Å². The van der Waals surface area contributed by atoms with E-state index in [1.807, 2.05) is 0 Å². The Labute approximate surface area is 136 Å². The van der Waals surface area contributed by atoms with Crippen molar-refractivity contribution in [2.24, 2.45) is 0 Å². The minimum absolute atomic E-state index is 0.0630. The highest BCUT2D eigenvalue weighted by Crippen LogP contribution is 2.35. The molecule has 2 rings (SSSR count). The van der Waals surface area contributed by atoms with Gasteiger partial charge in [-0.1, -0.05) is 23.2 Å². The summed E-state index contributed by atoms with van der Waals surface area (Å²) >= 11 is 15.4. The summed E-state index contributed by atoms with van der Waals surface area (Å²) in [5.41, 5.74) is 0.641. The Balaban J connectivity index is 1.85. The molecule has 0 bridgehead atoms. The van der Waals surface area contributed by atoms with Gasteiger partial charge >= 0.3 is 0 Å². The van der Waals surface area contributed by atoms with E-state index >= 15 is 0 Å². The fourth-order valence-electron chi connectivity index (χ4n) is 1.96. The Morgan fingerprint density at radius 2 is 2.00 bits per heavy atom. The summed E-state index contributed by atoms with van der Waals surface area (Å²) < 4.78 is 5.97. The predicted molar refractivity (Wildman–Crippen MR) is 84.6 cm³/mol. The molecule has 1 fully saturated rings. The molecule has 0 aromatic heterocycles. The molecule has 4 nitrogen and oxygen atoms in total. The maximum atomic E-state index is 11.8. The van der Waals surface area contributed by atoms with E-state index in [0.717, 1.165) is 17.3 Å². The standard InChI is InChI=1S/C13H15BrCl2N2O2/c14-9-1-2-10(13(16)12(9)15)17-7-11(19)18-8-3-5-20-6-4-8/h1-2,8,17H,3-7H2,(H,18,19). The van der Waals surface area contributed by atoms with E-state index in [1.165, 1.54) is 0 Å². The molecular formula is C13H15BrCl2N2O2. The number of nitrogens with one attached hydrogen (secondary N) is 2. The molecule has 0 atom stereocenters. The Morgan fingerprint density at radius 3 is 2.70 bits per heavy atom. The molecule has 1 aliphatic heterocycles. The highest BCUT2D eigenvalue weighted by molar-refractivity contribution is 9.10. The van der Waals surface area contributed by atoms with Gasteiger partial charge in [0.1, 0.15) is 0 Å². The van der Waals surface area contributed by atoms with Gasteiger partial charge in [0.25, 0.3) is 0 Å². The molecule has 1 aromatic rings. The lowest BCUT2D eigenvalue weighted by atomic mass is 10.1. The maximum absolute atomic E-state index is 11.8. The third-order valence-corrected chi connectivity index (χ3v) is 4.83. The number of amides is 1. The fourth-order valence-corrected chi connectivity index (χ4v) is 2.80. The molecule has 7 heteroatoms. The lowest BCUT2D eigenvalue weighted by Crippen LogP contribution is -2.41. The summed E-state index contributed by atoms with van der Waals surface area (Å²) in [6, 6.07) is 3.76. The van der Waals surface area contributed by atoms with Crippen molar-refractivity contribution in [3.63, 3.8) is 0 Å². The minimum Gasteiger partial charge on any atom is -0.381 e. The van der Waals surface area contributed by atoms with E-state index in [4.69, 9.17) is 27.9 Å². The van der Waals surface area contributed by atoms with Gasteiger partial charge in [-0.2, -0.15) is 0 Å². The van der Waals surface area contributed by atoms with Gasteiger partial charge in [0.15, 0.2) is 0 Å². The average Bonchev–Trinajstić information content (AvgIpc) is 2.45. The number of ether oxygens (including phenoxy) is 1. The van der Waals surface area contributed by atoms with Gasteiger partial charge in [0.2, 0.25) is 5.91 Å². The van der Waals surface area contributed by atoms with Crippen LogP contribution in [0.2, 0.25) is 10.0 Å². The molecule has 110 valence electrons. The largest absolute Gasteiger partial charge is 0.381 e. The van der Waals surface area contributed by atoms with E-state index in [9.17, 15) is 4.79 Å². The van der Waals surface area contributed by atoms with Gasteiger partial charge in [-0.25, -0.2) is 0 Å². The number of halogens is 3. The first-order valence-corrected chi connectivity index (χ1v) is 7.87. The monoisotopic (exact) mass is 380 g/mol. The topological polar surface area (TPSA) is 50.4 Å². The van der Waals surface area contributed by atoms with Crippen molar-refractivity contribution >= 4 is 50.7 Å². The Kier molecular flexibility index (Phi) is 5.96. The molecule has 0 saturated carbocycles. The van der Waals surface area contributed by atoms with Crippen molar-refractivity contribution in [2.75, 3.05) is 25.1 Å². The predicted octanol–water partition coefficient (Wildman–Crippen LogP) is 3.46. The first-order valence-electron chi connectivity index (χ1n) is 6.32. The molecule has 2 N–H and O–H groups in total. The molecule has 1 aromatic carbocycles. The second kappa shape index (κ2) is 7.50. The summed E-state index contributed by atoms with van der Waals surface area (Å²) in [5, 5.41) is 6.79. The lowest BCUT2D eigenvalue weighted by Gasteiger charge is -2.23. The molecular weight excluding hydrogens is 367 g/mol. The van der Waals surface area contributed by atoms with Crippen molar-refractivity contribution < 1.29 is 9.53 Å². The van der Waals surface area contributed by atoms with E-state index in [2.05, 4.69) is 26.6 Å². The number of benzene rings is 1. The van der Waals surface area contributed by atoms with Crippen LogP contribution in [0.15, 0.2) is 16.6 Å². The average molecular weight is 382 g/mol. The Morgan fingerprint density at radius 1 is 1.30 bits per heavy atom. The molecule has 0 unspecified atom stereocenters. The van der Waals surface area contributed by atoms with Crippen LogP contribution in [0.5, 0.6) is 0 Å². The zero-order valence-corrected chi connectivity index (χ0v) is 13.8. The first-order chi connectivity index (χ1) is 9.58. The third kappa shape index (κ3) is 4.25. The van der Waals surface area contributed by atoms with Crippen LogP contribution in [-0.2, 0) is 9.53 Å². The summed E-state index contributed by atoms with van der Waals surface area (Å²) in [7, 11) is 0. The molecule has 1 saturated heterocycles. The zero-order chi connectivity index (χ0) is 14.5. The number of carbonyl (C=O) groups excluding carboxylic acids is 1. The minimum atomic E-state index is -0.0630. The third-order valence-electron chi connectivity index (χ3n) is 3.06. The maximum Gasteiger partial charge on any atom is 0.239 e. The van der Waals surface area contributed by atoms with E-state index in [1.54, 1.807) is 12.1 Å². The second-order valence-electron chi connectivity index (χ2n) is 4.53. The summed E-state index contributed by atoms with van der Waals surface area (Å²) in [4.78, 5) is 11.8. The van der Waals surface area contributed by atoms with Crippen molar-refractivity contribution in [1.29, 1.82) is 0 Å². The van der Waals surface area contributed by atoms with Gasteiger partial charge in [-0.3, -0.25) is 4.79 Å². The first kappa shape index (κ1) is 15.9. The molecule has 0 spiro atoms. The zero-order valence-electron chi connectivity index (χ0n) is 10.7. The van der Waals surface area contributed by atoms with E-state index in [0.29, 0.717) is 28.9 Å².